The number of aliphatic hydroxyl groups is 3. The quantitative estimate of drug-likeness (QED) is 0.0237. The molecule has 1 aliphatic heterocycles. The first kappa shape index (κ1) is 48.9. The number of rotatable bonds is 32. The Bertz CT molecular complexity index is 1140. The average molecular weight is 775 g/mol. The van der Waals surface area contributed by atoms with Crippen LogP contribution in [-0.4, -0.2) is 96.0 Å². The largest absolute Gasteiger partial charge is 0.462 e. The Hall–Kier alpha value is -2.13. The zero-order valence-corrected chi connectivity index (χ0v) is 33.2. The zero-order valence-electron chi connectivity index (χ0n) is 32.4. The van der Waals surface area contributed by atoms with E-state index in [9.17, 15) is 37.9 Å². The lowest BCUT2D eigenvalue weighted by atomic mass is 10.00. The summed E-state index contributed by atoms with van der Waals surface area (Å²) in [7, 11) is -4.60. The lowest BCUT2D eigenvalue weighted by molar-refractivity contribution is -0.297. The van der Waals surface area contributed by atoms with E-state index in [1.54, 1.807) is 0 Å². The smallest absolute Gasteiger partial charge is 0.306 e. The molecule has 0 aromatic heterocycles. The number of carbonyl (C=O) groups excluding carboxylic acids is 2. The van der Waals surface area contributed by atoms with Gasteiger partial charge >= 0.3 is 11.9 Å². The highest BCUT2D eigenvalue weighted by molar-refractivity contribution is 7.85. The molecule has 4 N–H and O–H groups in total. The van der Waals surface area contributed by atoms with E-state index in [1.165, 1.54) is 44.9 Å². The van der Waals surface area contributed by atoms with Crippen LogP contribution >= 0.6 is 0 Å². The molecule has 0 saturated carbocycles. The van der Waals surface area contributed by atoms with E-state index in [0.29, 0.717) is 12.8 Å². The van der Waals surface area contributed by atoms with Crippen LogP contribution in [0.3, 0.4) is 0 Å². The Morgan fingerprint density at radius 2 is 1.13 bits per heavy atom. The predicted molar refractivity (Wildman–Crippen MR) is 206 cm³/mol. The Labute approximate surface area is 319 Å². The van der Waals surface area contributed by atoms with Gasteiger partial charge < -0.3 is 34.3 Å². The van der Waals surface area contributed by atoms with Crippen LogP contribution in [-0.2, 0) is 38.7 Å². The fourth-order valence-corrected chi connectivity index (χ4v) is 6.49. The van der Waals surface area contributed by atoms with Crippen molar-refractivity contribution in [2.24, 2.45) is 0 Å². The van der Waals surface area contributed by atoms with Gasteiger partial charge in [0.2, 0.25) is 0 Å². The van der Waals surface area contributed by atoms with E-state index >= 15 is 0 Å². The fraction of sp³-hybridized carbons (Fsp3) is 0.800. The monoisotopic (exact) mass is 774 g/mol. The SMILES string of the molecule is CCCCC/C=C/C/C=C/C/C=C/CCCCCCC(=O)OC[C@H](CO[C@H]1O[C@H](CS(=O)(=O)O)[C@@H](O)C(O)C1O)OC(=O)CCCCCCCCCC. The van der Waals surface area contributed by atoms with E-state index in [0.717, 1.165) is 64.2 Å². The van der Waals surface area contributed by atoms with E-state index in [4.69, 9.17) is 18.9 Å². The second kappa shape index (κ2) is 31.1. The number of ether oxygens (including phenoxy) is 4. The molecule has 2 unspecified atom stereocenters. The summed E-state index contributed by atoms with van der Waals surface area (Å²) >= 11 is 0. The van der Waals surface area contributed by atoms with Crippen molar-refractivity contribution in [2.45, 2.75) is 185 Å². The van der Waals surface area contributed by atoms with Crippen LogP contribution in [0.4, 0.5) is 0 Å². The minimum atomic E-state index is -4.60. The number of hydrogen-bond acceptors (Lipinski definition) is 11. The second-order valence-electron chi connectivity index (χ2n) is 14.0. The van der Waals surface area contributed by atoms with Crippen LogP contribution in [0.1, 0.15) is 149 Å². The Kier molecular flexibility index (Phi) is 28.7. The van der Waals surface area contributed by atoms with Gasteiger partial charge in [0, 0.05) is 12.8 Å². The summed E-state index contributed by atoms with van der Waals surface area (Å²) in [6, 6.07) is 0. The molecule has 6 atom stereocenters. The number of carbonyl (C=O) groups is 2. The molecular formula is C40H70O12S. The zero-order chi connectivity index (χ0) is 39.2. The van der Waals surface area contributed by atoms with E-state index < -0.39 is 71.2 Å². The number of allylic oxidation sites excluding steroid dienone is 6. The van der Waals surface area contributed by atoms with Crippen LogP contribution < -0.4 is 0 Å². The van der Waals surface area contributed by atoms with Crippen LogP contribution in [0.15, 0.2) is 36.5 Å². The lowest BCUT2D eigenvalue weighted by Crippen LogP contribution is -2.60. The van der Waals surface area contributed by atoms with Crippen molar-refractivity contribution in [3.63, 3.8) is 0 Å². The van der Waals surface area contributed by atoms with Crippen molar-refractivity contribution in [3.8, 4) is 0 Å². The minimum absolute atomic E-state index is 0.159. The van der Waals surface area contributed by atoms with Crippen molar-refractivity contribution >= 4 is 22.1 Å². The van der Waals surface area contributed by atoms with Gasteiger partial charge in [-0.1, -0.05) is 121 Å². The van der Waals surface area contributed by atoms with Crippen LogP contribution in [0, 0.1) is 0 Å². The Morgan fingerprint density at radius 3 is 1.72 bits per heavy atom. The molecule has 0 radical (unpaired) electrons. The van der Waals surface area contributed by atoms with Gasteiger partial charge in [0.1, 0.15) is 36.8 Å². The van der Waals surface area contributed by atoms with E-state index in [1.807, 2.05) is 0 Å². The summed E-state index contributed by atoms with van der Waals surface area (Å²) in [5.41, 5.74) is 0. The highest BCUT2D eigenvalue weighted by Gasteiger charge is 2.46. The number of aliphatic hydroxyl groups excluding tert-OH is 3. The maximum atomic E-state index is 12.7. The molecule has 0 bridgehead atoms. The first-order valence-electron chi connectivity index (χ1n) is 20.0. The molecule has 1 fully saturated rings. The van der Waals surface area contributed by atoms with E-state index in [2.05, 4.69) is 50.3 Å². The first-order valence-corrected chi connectivity index (χ1v) is 21.7. The van der Waals surface area contributed by atoms with Gasteiger partial charge in [-0.3, -0.25) is 14.1 Å². The number of hydrogen-bond donors (Lipinski definition) is 4. The molecule has 308 valence electrons. The molecule has 53 heavy (non-hydrogen) atoms. The second-order valence-corrected chi connectivity index (χ2v) is 15.4. The third kappa shape index (κ3) is 26.3. The summed E-state index contributed by atoms with van der Waals surface area (Å²) in [4.78, 5) is 25.2. The normalized spacial score (nSPS) is 21.5. The third-order valence-electron chi connectivity index (χ3n) is 8.97. The van der Waals surface area contributed by atoms with E-state index in [-0.39, 0.29) is 19.4 Å². The topological polar surface area (TPSA) is 186 Å². The summed E-state index contributed by atoms with van der Waals surface area (Å²) in [6.45, 7) is 3.64. The van der Waals surface area contributed by atoms with Gasteiger partial charge in [-0.15, -0.1) is 0 Å². The number of unbranched alkanes of at least 4 members (excludes halogenated alkanes) is 14. The molecule has 0 aromatic rings. The highest BCUT2D eigenvalue weighted by Crippen LogP contribution is 2.24. The maximum absolute atomic E-state index is 12.7. The van der Waals surface area contributed by atoms with Crippen molar-refractivity contribution in [1.29, 1.82) is 0 Å². The van der Waals surface area contributed by atoms with Gasteiger partial charge in [-0.05, 0) is 51.4 Å². The fourth-order valence-electron chi connectivity index (χ4n) is 5.80. The van der Waals surface area contributed by atoms with Crippen LogP contribution in [0.2, 0.25) is 0 Å². The van der Waals surface area contributed by atoms with Gasteiger partial charge in [0.15, 0.2) is 12.4 Å². The molecule has 0 aliphatic carbocycles. The van der Waals surface area contributed by atoms with Crippen molar-refractivity contribution in [3.05, 3.63) is 36.5 Å². The molecule has 1 saturated heterocycles. The Morgan fingerprint density at radius 1 is 0.642 bits per heavy atom. The maximum Gasteiger partial charge on any atom is 0.306 e. The van der Waals surface area contributed by atoms with Crippen LogP contribution in [0.5, 0.6) is 0 Å². The summed E-state index contributed by atoms with van der Waals surface area (Å²) in [5.74, 6) is -2.02. The molecule has 0 spiro atoms. The summed E-state index contributed by atoms with van der Waals surface area (Å²) in [6.07, 6.45) is 23.6. The molecule has 1 heterocycles. The highest BCUT2D eigenvalue weighted by atomic mass is 32.2. The molecule has 0 amide bonds. The molecule has 1 rings (SSSR count). The van der Waals surface area contributed by atoms with Gasteiger partial charge in [-0.2, -0.15) is 8.42 Å². The average Bonchev–Trinajstić information content (AvgIpc) is 3.12. The summed E-state index contributed by atoms with van der Waals surface area (Å²) in [5, 5.41) is 30.7. The lowest BCUT2D eigenvalue weighted by Gasteiger charge is -2.40. The van der Waals surface area contributed by atoms with Crippen molar-refractivity contribution < 1.29 is 56.8 Å². The van der Waals surface area contributed by atoms with Crippen LogP contribution in [0.25, 0.3) is 0 Å². The molecule has 1 aliphatic rings. The molecule has 13 heteroatoms. The third-order valence-corrected chi connectivity index (χ3v) is 9.72. The van der Waals surface area contributed by atoms with Crippen molar-refractivity contribution in [1.82, 2.24) is 0 Å². The first-order chi connectivity index (χ1) is 25.5. The number of esters is 2. The standard InChI is InChI=1S/C40H70O12S/c1-3-5-7-9-11-13-14-15-16-17-18-19-20-21-23-24-26-28-35(41)49-30-33(51-36(42)29-27-25-22-12-10-8-6-4-2)31-50-40-39(45)38(44)37(43)34(52-40)32-53(46,47)48/h11,13,15-16,18-19,33-34,37-40,43-45H,3-10,12,14,17,20-32H2,1-2H3,(H,46,47,48)/b13-11+,16-15+,19-18+/t33-,34-,37-,38?,39?,40+/m1/s1. The molecule has 0 aromatic carbocycles. The van der Waals surface area contributed by atoms with Gasteiger partial charge in [-0.25, -0.2) is 0 Å². The van der Waals surface area contributed by atoms with Gasteiger partial charge in [0.05, 0.1) is 6.61 Å². The van der Waals surface area contributed by atoms with Crippen molar-refractivity contribution in [2.75, 3.05) is 19.0 Å². The molecule has 12 nitrogen and oxygen atoms in total. The molecular weight excluding hydrogens is 704 g/mol. The minimum Gasteiger partial charge on any atom is -0.462 e. The predicted octanol–water partition coefficient (Wildman–Crippen LogP) is 7.05. The summed E-state index contributed by atoms with van der Waals surface area (Å²) < 4.78 is 53.7. The Balaban J connectivity index is 2.48. The van der Waals surface area contributed by atoms with Gasteiger partial charge in [0.25, 0.3) is 10.1 Å².